The maximum Gasteiger partial charge on any atom is 0.229 e. The molecule has 2 N–H and O–H groups in total. The van der Waals surface area contributed by atoms with Crippen molar-refractivity contribution in [3.05, 3.63) is 71.6 Å². The predicted octanol–water partition coefficient (Wildman–Crippen LogP) is 4.76. The normalized spacial score (nSPS) is 10.3. The first kappa shape index (κ1) is 14.3. The summed E-state index contributed by atoms with van der Waals surface area (Å²) in [4.78, 5) is 8.50. The number of aromatic nitrogens is 2. The molecule has 0 fully saturated rings. The highest BCUT2D eigenvalue weighted by Gasteiger charge is 2.03. The SMILES string of the molecule is Fc1ccc(Nc2ccnc(Nc3ccccc3)n2)cc1Cl. The number of nitrogens with zero attached hydrogens (tertiary/aromatic N) is 2. The third-order valence-electron chi connectivity index (χ3n) is 2.88. The number of rotatable bonds is 4. The van der Waals surface area contributed by atoms with Crippen molar-refractivity contribution in [2.45, 2.75) is 0 Å². The molecule has 4 nitrogen and oxygen atoms in total. The molecule has 3 aromatic rings. The van der Waals surface area contributed by atoms with E-state index in [1.54, 1.807) is 18.3 Å². The highest BCUT2D eigenvalue weighted by atomic mass is 35.5. The molecule has 1 aromatic heterocycles. The van der Waals surface area contributed by atoms with Gasteiger partial charge in [0.2, 0.25) is 5.95 Å². The molecule has 0 saturated carbocycles. The van der Waals surface area contributed by atoms with Gasteiger partial charge in [0, 0.05) is 17.6 Å². The minimum atomic E-state index is -0.457. The Morgan fingerprint density at radius 3 is 2.50 bits per heavy atom. The lowest BCUT2D eigenvalue weighted by molar-refractivity contribution is 0.628. The second-order valence-corrected chi connectivity index (χ2v) is 4.92. The zero-order valence-corrected chi connectivity index (χ0v) is 12.2. The van der Waals surface area contributed by atoms with Gasteiger partial charge in [-0.15, -0.1) is 0 Å². The van der Waals surface area contributed by atoms with Gasteiger partial charge in [-0.3, -0.25) is 0 Å². The second kappa shape index (κ2) is 6.41. The average Bonchev–Trinajstić information content (AvgIpc) is 2.52. The summed E-state index contributed by atoms with van der Waals surface area (Å²) in [7, 11) is 0. The van der Waals surface area contributed by atoms with Crippen LogP contribution in [0.3, 0.4) is 0 Å². The van der Waals surface area contributed by atoms with Gasteiger partial charge in [0.05, 0.1) is 5.02 Å². The van der Waals surface area contributed by atoms with Crippen LogP contribution in [0.15, 0.2) is 60.8 Å². The second-order valence-electron chi connectivity index (χ2n) is 4.51. The summed E-state index contributed by atoms with van der Waals surface area (Å²) in [6.45, 7) is 0. The van der Waals surface area contributed by atoms with Gasteiger partial charge in [0.1, 0.15) is 11.6 Å². The Bertz CT molecular complexity index is 780. The summed E-state index contributed by atoms with van der Waals surface area (Å²) in [6.07, 6.45) is 1.63. The molecule has 0 unspecified atom stereocenters. The van der Waals surface area contributed by atoms with E-state index in [4.69, 9.17) is 11.6 Å². The molecule has 0 atom stereocenters. The molecule has 0 aliphatic rings. The number of hydrogen-bond donors (Lipinski definition) is 2. The van der Waals surface area contributed by atoms with Gasteiger partial charge in [-0.05, 0) is 36.4 Å². The monoisotopic (exact) mass is 314 g/mol. The van der Waals surface area contributed by atoms with Crippen molar-refractivity contribution in [2.24, 2.45) is 0 Å². The van der Waals surface area contributed by atoms with Crippen molar-refractivity contribution in [1.82, 2.24) is 9.97 Å². The third kappa shape index (κ3) is 3.51. The Morgan fingerprint density at radius 1 is 0.909 bits per heavy atom. The Labute approximate surface area is 132 Å². The van der Waals surface area contributed by atoms with Crippen LogP contribution in [0.5, 0.6) is 0 Å². The van der Waals surface area contributed by atoms with Crippen molar-refractivity contribution in [2.75, 3.05) is 10.6 Å². The van der Waals surface area contributed by atoms with E-state index in [0.717, 1.165) is 5.69 Å². The average molecular weight is 315 g/mol. The van der Waals surface area contributed by atoms with E-state index in [-0.39, 0.29) is 5.02 Å². The molecule has 1 heterocycles. The number of benzene rings is 2. The van der Waals surface area contributed by atoms with E-state index >= 15 is 0 Å². The minimum Gasteiger partial charge on any atom is -0.340 e. The summed E-state index contributed by atoms with van der Waals surface area (Å²) in [5.41, 5.74) is 1.54. The molecule has 0 amide bonds. The molecular weight excluding hydrogens is 303 g/mol. The van der Waals surface area contributed by atoms with E-state index in [9.17, 15) is 4.39 Å². The maximum absolute atomic E-state index is 13.1. The molecule has 0 saturated heterocycles. The quantitative estimate of drug-likeness (QED) is 0.729. The smallest absolute Gasteiger partial charge is 0.229 e. The predicted molar refractivity (Wildman–Crippen MR) is 86.4 cm³/mol. The Morgan fingerprint density at radius 2 is 1.73 bits per heavy atom. The number of nitrogens with one attached hydrogen (secondary N) is 2. The van der Waals surface area contributed by atoms with E-state index in [0.29, 0.717) is 17.5 Å². The molecule has 110 valence electrons. The van der Waals surface area contributed by atoms with Crippen LogP contribution in [0, 0.1) is 5.82 Å². The lowest BCUT2D eigenvalue weighted by Crippen LogP contribution is -2.00. The first-order valence-corrected chi connectivity index (χ1v) is 6.96. The highest BCUT2D eigenvalue weighted by Crippen LogP contribution is 2.22. The van der Waals surface area contributed by atoms with Crippen LogP contribution in [0.1, 0.15) is 0 Å². The standard InChI is InChI=1S/C16H12ClFN4/c17-13-10-12(6-7-14(13)18)20-15-8-9-19-16(22-15)21-11-4-2-1-3-5-11/h1-10H,(H2,19,20,21,22). The van der Waals surface area contributed by atoms with E-state index in [1.165, 1.54) is 12.1 Å². The maximum atomic E-state index is 13.1. The Balaban J connectivity index is 1.77. The molecule has 22 heavy (non-hydrogen) atoms. The highest BCUT2D eigenvalue weighted by molar-refractivity contribution is 6.31. The first-order valence-electron chi connectivity index (χ1n) is 6.58. The van der Waals surface area contributed by atoms with Crippen molar-refractivity contribution >= 4 is 34.7 Å². The minimum absolute atomic E-state index is 0.0571. The largest absolute Gasteiger partial charge is 0.340 e. The molecule has 0 radical (unpaired) electrons. The van der Waals surface area contributed by atoms with Gasteiger partial charge in [-0.25, -0.2) is 9.37 Å². The molecule has 0 aliphatic carbocycles. The van der Waals surface area contributed by atoms with Crippen LogP contribution in [0.2, 0.25) is 5.02 Å². The molecule has 3 rings (SSSR count). The van der Waals surface area contributed by atoms with Crippen LogP contribution < -0.4 is 10.6 Å². The summed E-state index contributed by atoms with van der Waals surface area (Å²) >= 11 is 5.76. The van der Waals surface area contributed by atoms with Crippen LogP contribution in [0.25, 0.3) is 0 Å². The fourth-order valence-electron chi connectivity index (χ4n) is 1.86. The summed E-state index contributed by atoms with van der Waals surface area (Å²) in [5, 5.41) is 6.22. The lowest BCUT2D eigenvalue weighted by atomic mass is 10.3. The van der Waals surface area contributed by atoms with Gasteiger partial charge >= 0.3 is 0 Å². The van der Waals surface area contributed by atoms with Gasteiger partial charge in [-0.1, -0.05) is 29.8 Å². The van der Waals surface area contributed by atoms with Gasteiger partial charge < -0.3 is 10.6 Å². The zero-order chi connectivity index (χ0) is 15.4. The molecule has 0 bridgehead atoms. The third-order valence-corrected chi connectivity index (χ3v) is 3.17. The Hall–Kier alpha value is -2.66. The molecular formula is C16H12ClFN4. The van der Waals surface area contributed by atoms with E-state index in [2.05, 4.69) is 20.6 Å². The van der Waals surface area contributed by atoms with Gasteiger partial charge in [0.25, 0.3) is 0 Å². The van der Waals surface area contributed by atoms with Crippen LogP contribution in [-0.2, 0) is 0 Å². The van der Waals surface area contributed by atoms with E-state index < -0.39 is 5.82 Å². The zero-order valence-electron chi connectivity index (χ0n) is 11.4. The van der Waals surface area contributed by atoms with Crippen molar-refractivity contribution < 1.29 is 4.39 Å². The summed E-state index contributed by atoms with van der Waals surface area (Å²) in [5.74, 6) is 0.585. The van der Waals surface area contributed by atoms with Gasteiger partial charge in [-0.2, -0.15) is 4.98 Å². The molecule has 0 aliphatic heterocycles. The lowest BCUT2D eigenvalue weighted by Gasteiger charge is -2.08. The van der Waals surface area contributed by atoms with Crippen molar-refractivity contribution in [3.63, 3.8) is 0 Å². The Kier molecular flexibility index (Phi) is 4.16. The number of hydrogen-bond acceptors (Lipinski definition) is 4. The summed E-state index contributed by atoms with van der Waals surface area (Å²) in [6, 6.07) is 15.7. The van der Waals surface area contributed by atoms with Crippen molar-refractivity contribution in [3.8, 4) is 0 Å². The fourth-order valence-corrected chi connectivity index (χ4v) is 2.04. The van der Waals surface area contributed by atoms with Crippen molar-refractivity contribution in [1.29, 1.82) is 0 Å². The molecule has 0 spiro atoms. The van der Waals surface area contributed by atoms with Crippen LogP contribution in [0.4, 0.5) is 27.5 Å². The van der Waals surface area contributed by atoms with E-state index in [1.807, 2.05) is 30.3 Å². The number of para-hydroxylation sites is 1. The van der Waals surface area contributed by atoms with Crippen LogP contribution >= 0.6 is 11.6 Å². The molecule has 2 aromatic carbocycles. The molecule has 6 heteroatoms. The number of halogens is 2. The number of anilines is 4. The first-order chi connectivity index (χ1) is 10.7. The van der Waals surface area contributed by atoms with Crippen LogP contribution in [-0.4, -0.2) is 9.97 Å². The summed E-state index contributed by atoms with van der Waals surface area (Å²) < 4.78 is 13.1. The van der Waals surface area contributed by atoms with Gasteiger partial charge in [0.15, 0.2) is 0 Å². The fraction of sp³-hybridized carbons (Fsp3) is 0. The topological polar surface area (TPSA) is 49.8 Å².